The number of halogens is 2. The SMILES string of the molecule is CO[C@@H]1CCN(c2c(NC(=O)c3nc(-c4c(F)cccc4F)sc3N)cnn2C)CC[C@@H]1N. The van der Waals surface area contributed by atoms with Crippen molar-refractivity contribution in [3.05, 3.63) is 41.7 Å². The first kappa shape index (κ1) is 23.1. The molecule has 1 fully saturated rings. The number of nitrogens with zero attached hydrogens (tertiary/aromatic N) is 4. The van der Waals surface area contributed by atoms with Gasteiger partial charge in [0.1, 0.15) is 27.3 Å². The second-order valence-corrected chi connectivity index (χ2v) is 8.82. The number of rotatable bonds is 5. The Morgan fingerprint density at radius 3 is 2.67 bits per heavy atom. The van der Waals surface area contributed by atoms with E-state index in [1.54, 1.807) is 18.8 Å². The molecule has 0 unspecified atom stereocenters. The second kappa shape index (κ2) is 9.41. The van der Waals surface area contributed by atoms with E-state index in [0.717, 1.165) is 29.9 Å². The van der Waals surface area contributed by atoms with Crippen LogP contribution in [0.1, 0.15) is 23.3 Å². The lowest BCUT2D eigenvalue weighted by atomic mass is 10.1. The van der Waals surface area contributed by atoms with E-state index in [1.807, 2.05) is 0 Å². The fourth-order valence-corrected chi connectivity index (χ4v) is 4.86. The maximum Gasteiger partial charge on any atom is 0.277 e. The molecule has 9 nitrogen and oxygen atoms in total. The van der Waals surface area contributed by atoms with Crippen LogP contribution < -0.4 is 21.7 Å². The van der Waals surface area contributed by atoms with Gasteiger partial charge < -0.3 is 26.4 Å². The van der Waals surface area contributed by atoms with Crippen molar-refractivity contribution >= 4 is 33.8 Å². The summed E-state index contributed by atoms with van der Waals surface area (Å²) in [5.74, 6) is -1.44. The average molecular weight is 478 g/mol. The minimum atomic E-state index is -0.779. The first-order chi connectivity index (χ1) is 15.8. The number of thiazole rings is 1. The van der Waals surface area contributed by atoms with Crippen LogP contribution in [0.2, 0.25) is 0 Å². The van der Waals surface area contributed by atoms with Gasteiger partial charge in [-0.05, 0) is 25.0 Å². The zero-order valence-corrected chi connectivity index (χ0v) is 19.0. The Balaban J connectivity index is 1.58. The number of carbonyl (C=O) groups is 1. The highest BCUT2D eigenvalue weighted by Gasteiger charge is 2.28. The van der Waals surface area contributed by atoms with Crippen molar-refractivity contribution in [1.29, 1.82) is 0 Å². The van der Waals surface area contributed by atoms with Crippen LogP contribution in [0.4, 0.5) is 25.3 Å². The lowest BCUT2D eigenvalue weighted by Crippen LogP contribution is -2.35. The van der Waals surface area contributed by atoms with E-state index in [4.69, 9.17) is 16.2 Å². The van der Waals surface area contributed by atoms with E-state index in [9.17, 15) is 13.6 Å². The van der Waals surface area contributed by atoms with Gasteiger partial charge in [0, 0.05) is 33.3 Å². The van der Waals surface area contributed by atoms with Crippen molar-refractivity contribution in [2.24, 2.45) is 12.8 Å². The number of nitrogens with one attached hydrogen (secondary N) is 1. The Morgan fingerprint density at radius 2 is 1.97 bits per heavy atom. The molecule has 33 heavy (non-hydrogen) atoms. The number of aryl methyl sites for hydroxylation is 1. The summed E-state index contributed by atoms with van der Waals surface area (Å²) in [6, 6.07) is 3.42. The molecule has 2 atom stereocenters. The normalized spacial score (nSPS) is 18.9. The molecule has 1 aromatic carbocycles. The third-order valence-electron chi connectivity index (χ3n) is 5.70. The number of ether oxygens (including phenoxy) is 1. The van der Waals surface area contributed by atoms with Crippen LogP contribution in [0, 0.1) is 11.6 Å². The number of methoxy groups -OCH3 is 1. The fraction of sp³-hybridized carbons (Fsp3) is 0.381. The molecule has 0 spiro atoms. The van der Waals surface area contributed by atoms with Gasteiger partial charge in [-0.25, -0.2) is 13.8 Å². The van der Waals surface area contributed by atoms with Crippen LogP contribution in [0.5, 0.6) is 0 Å². The molecule has 0 saturated carbocycles. The number of benzene rings is 1. The topological polar surface area (TPSA) is 124 Å². The van der Waals surface area contributed by atoms with Crippen molar-refractivity contribution < 1.29 is 18.3 Å². The van der Waals surface area contributed by atoms with Gasteiger partial charge in [-0.15, -0.1) is 0 Å². The summed E-state index contributed by atoms with van der Waals surface area (Å²) < 4.78 is 35.5. The molecule has 1 aliphatic rings. The largest absolute Gasteiger partial charge is 0.389 e. The van der Waals surface area contributed by atoms with E-state index >= 15 is 0 Å². The number of nitrogen functional groups attached to an aromatic ring is 1. The van der Waals surface area contributed by atoms with Crippen LogP contribution in [-0.2, 0) is 11.8 Å². The number of anilines is 3. The number of hydrogen-bond acceptors (Lipinski definition) is 8. The van der Waals surface area contributed by atoms with Gasteiger partial charge in [0.15, 0.2) is 11.5 Å². The standard InChI is InChI=1S/C21H25F2N7O2S/c1-29-21(30-8-6-13(24)15(32-2)7-9-30)14(10-26-29)27-19(31)17-18(25)33-20(28-17)16-11(22)4-3-5-12(16)23/h3-5,10,13,15H,6-9,24-25H2,1-2H3,(H,27,31)/t13-,15+/m0/s1. The average Bonchev–Trinajstić information content (AvgIpc) is 3.26. The van der Waals surface area contributed by atoms with Gasteiger partial charge in [-0.2, -0.15) is 5.10 Å². The summed E-state index contributed by atoms with van der Waals surface area (Å²) in [4.78, 5) is 19.2. The van der Waals surface area contributed by atoms with Crippen molar-refractivity contribution in [3.8, 4) is 10.6 Å². The maximum atomic E-state index is 14.2. The van der Waals surface area contributed by atoms with E-state index in [2.05, 4.69) is 20.3 Å². The summed E-state index contributed by atoms with van der Waals surface area (Å²) in [5.41, 5.74) is 12.2. The zero-order valence-electron chi connectivity index (χ0n) is 18.2. The molecule has 5 N–H and O–H groups in total. The van der Waals surface area contributed by atoms with Crippen LogP contribution in [0.3, 0.4) is 0 Å². The zero-order chi connectivity index (χ0) is 23.7. The molecular weight excluding hydrogens is 452 g/mol. The molecule has 0 bridgehead atoms. The van der Waals surface area contributed by atoms with E-state index < -0.39 is 17.5 Å². The molecule has 3 heterocycles. The van der Waals surface area contributed by atoms with Gasteiger partial charge >= 0.3 is 0 Å². The van der Waals surface area contributed by atoms with Crippen molar-refractivity contribution in [2.45, 2.75) is 25.0 Å². The minimum absolute atomic E-state index is 0.00762. The molecule has 1 aliphatic heterocycles. The van der Waals surface area contributed by atoms with Crippen LogP contribution >= 0.6 is 11.3 Å². The molecule has 1 saturated heterocycles. The fourth-order valence-electron chi connectivity index (χ4n) is 3.98. The number of hydrogen-bond donors (Lipinski definition) is 3. The Hall–Kier alpha value is -3.09. The molecule has 3 aromatic rings. The van der Waals surface area contributed by atoms with Crippen LogP contribution in [-0.4, -0.2) is 53.0 Å². The van der Waals surface area contributed by atoms with Gasteiger partial charge in [-0.1, -0.05) is 17.4 Å². The molecule has 0 radical (unpaired) electrons. The Labute approximate surface area is 193 Å². The summed E-state index contributed by atoms with van der Waals surface area (Å²) in [6.07, 6.45) is 2.93. The monoisotopic (exact) mass is 477 g/mol. The van der Waals surface area contributed by atoms with E-state index in [0.29, 0.717) is 31.0 Å². The maximum absolute atomic E-state index is 14.2. The number of aromatic nitrogens is 3. The predicted molar refractivity (Wildman–Crippen MR) is 123 cm³/mol. The molecule has 12 heteroatoms. The third-order valence-corrected chi connectivity index (χ3v) is 6.60. The Bertz CT molecular complexity index is 1150. The van der Waals surface area contributed by atoms with Crippen molar-refractivity contribution in [3.63, 3.8) is 0 Å². The first-order valence-electron chi connectivity index (χ1n) is 10.4. The molecular formula is C21H25F2N7O2S. The van der Waals surface area contributed by atoms with Crippen LogP contribution in [0.25, 0.3) is 10.6 Å². The third kappa shape index (κ3) is 4.54. The Kier molecular flexibility index (Phi) is 6.58. The predicted octanol–water partition coefficient (Wildman–Crippen LogP) is 2.60. The highest BCUT2D eigenvalue weighted by molar-refractivity contribution is 7.19. The van der Waals surface area contributed by atoms with E-state index in [1.165, 1.54) is 12.3 Å². The van der Waals surface area contributed by atoms with Gasteiger partial charge in [0.2, 0.25) is 0 Å². The molecule has 2 aromatic heterocycles. The van der Waals surface area contributed by atoms with Crippen molar-refractivity contribution in [2.75, 3.05) is 36.1 Å². The van der Waals surface area contributed by atoms with Gasteiger partial charge in [-0.3, -0.25) is 9.48 Å². The second-order valence-electron chi connectivity index (χ2n) is 7.79. The molecule has 1 amide bonds. The summed E-state index contributed by atoms with van der Waals surface area (Å²) in [5, 5.41) is 7.11. The van der Waals surface area contributed by atoms with Gasteiger partial charge in [0.05, 0.1) is 17.9 Å². The number of amides is 1. The molecule has 0 aliphatic carbocycles. The van der Waals surface area contributed by atoms with Gasteiger partial charge in [0.25, 0.3) is 5.91 Å². The number of carbonyl (C=O) groups excluding carboxylic acids is 1. The first-order valence-corrected chi connectivity index (χ1v) is 11.2. The van der Waals surface area contributed by atoms with Crippen molar-refractivity contribution in [1.82, 2.24) is 14.8 Å². The lowest BCUT2D eigenvalue weighted by Gasteiger charge is -2.24. The van der Waals surface area contributed by atoms with E-state index in [-0.39, 0.29) is 33.4 Å². The highest BCUT2D eigenvalue weighted by atomic mass is 32.1. The lowest BCUT2D eigenvalue weighted by molar-refractivity contribution is 0.0781. The smallest absolute Gasteiger partial charge is 0.277 e. The summed E-state index contributed by atoms with van der Waals surface area (Å²) >= 11 is 0.845. The minimum Gasteiger partial charge on any atom is -0.389 e. The number of nitrogens with two attached hydrogens (primary N) is 2. The Morgan fingerprint density at radius 1 is 1.27 bits per heavy atom. The highest BCUT2D eigenvalue weighted by Crippen LogP contribution is 2.34. The quantitative estimate of drug-likeness (QED) is 0.516. The molecule has 176 valence electrons. The summed E-state index contributed by atoms with van der Waals surface area (Å²) in [6.45, 7) is 1.34. The van der Waals surface area contributed by atoms with Crippen LogP contribution in [0.15, 0.2) is 24.4 Å². The molecule has 4 rings (SSSR count). The summed E-state index contributed by atoms with van der Waals surface area (Å²) in [7, 11) is 3.43.